The normalized spacial score (nSPS) is 16.3. The van der Waals surface area contributed by atoms with Crippen molar-refractivity contribution >= 4 is 40.7 Å². The van der Waals surface area contributed by atoms with Crippen molar-refractivity contribution in [1.82, 2.24) is 4.98 Å². The van der Waals surface area contributed by atoms with Gasteiger partial charge in [-0.05, 0) is 41.5 Å². The van der Waals surface area contributed by atoms with E-state index in [4.69, 9.17) is 28.9 Å². The summed E-state index contributed by atoms with van der Waals surface area (Å²) in [6.45, 7) is 0. The summed E-state index contributed by atoms with van der Waals surface area (Å²) in [5.74, 6) is -2.47. The molecule has 0 radical (unpaired) electrons. The molecule has 1 aromatic heterocycles. The molecule has 0 saturated heterocycles. The monoisotopic (exact) mass is 459 g/mol. The lowest BCUT2D eigenvalue weighted by Crippen LogP contribution is -2.35. The van der Waals surface area contributed by atoms with Gasteiger partial charge in [0.25, 0.3) is 0 Å². The molecular weight excluding hydrogens is 444 g/mol. The van der Waals surface area contributed by atoms with Crippen LogP contribution in [-0.2, 0) is 9.59 Å². The van der Waals surface area contributed by atoms with Crippen molar-refractivity contribution < 1.29 is 19.1 Å². The predicted octanol–water partition coefficient (Wildman–Crippen LogP) is 4.33. The van der Waals surface area contributed by atoms with E-state index in [1.54, 1.807) is 6.07 Å². The fourth-order valence-corrected chi connectivity index (χ4v) is 4.47. The number of benzene rings is 2. The topological polar surface area (TPSA) is 96.5 Å². The zero-order valence-corrected chi connectivity index (χ0v) is 17.4. The Morgan fingerprint density at radius 3 is 2.42 bits per heavy atom. The van der Waals surface area contributed by atoms with Crippen molar-refractivity contribution in [1.29, 1.82) is 0 Å². The highest BCUT2D eigenvalue weighted by atomic mass is 35.5. The molecule has 6 nitrogen and oxygen atoms in total. The van der Waals surface area contributed by atoms with Crippen molar-refractivity contribution in [3.05, 3.63) is 87.4 Å². The molecule has 2 atom stereocenters. The Labute approximate surface area is 187 Å². The first-order valence-corrected chi connectivity index (χ1v) is 10.0. The Morgan fingerprint density at radius 1 is 1.16 bits per heavy atom. The highest BCUT2D eigenvalue weighted by Crippen LogP contribution is 2.48. The molecule has 2 aromatic carbocycles. The largest absolute Gasteiger partial charge is 0.508 e. The average Bonchev–Trinajstić information content (AvgIpc) is 2.96. The molecule has 2 unspecified atom stereocenters. The van der Waals surface area contributed by atoms with Crippen LogP contribution >= 0.6 is 23.2 Å². The van der Waals surface area contributed by atoms with E-state index in [2.05, 4.69) is 4.98 Å². The van der Waals surface area contributed by atoms with E-state index in [1.807, 2.05) is 0 Å². The number of halogens is 3. The Morgan fingerprint density at radius 2 is 1.81 bits per heavy atom. The van der Waals surface area contributed by atoms with Crippen molar-refractivity contribution in [2.75, 3.05) is 4.90 Å². The van der Waals surface area contributed by atoms with Crippen LogP contribution in [0.5, 0.6) is 5.75 Å². The van der Waals surface area contributed by atoms with Crippen molar-refractivity contribution in [3.8, 4) is 5.75 Å². The van der Waals surface area contributed by atoms with Crippen LogP contribution in [0.1, 0.15) is 35.1 Å². The van der Waals surface area contributed by atoms with E-state index < -0.39 is 29.6 Å². The van der Waals surface area contributed by atoms with Gasteiger partial charge in [-0.25, -0.2) is 4.39 Å². The van der Waals surface area contributed by atoms with Gasteiger partial charge in [0.1, 0.15) is 11.6 Å². The third kappa shape index (κ3) is 3.82. The zero-order chi connectivity index (χ0) is 22.3. The van der Waals surface area contributed by atoms with Crippen LogP contribution in [-0.4, -0.2) is 21.9 Å². The van der Waals surface area contributed by atoms with Gasteiger partial charge in [-0.2, -0.15) is 0 Å². The van der Waals surface area contributed by atoms with Crippen molar-refractivity contribution in [2.24, 2.45) is 5.73 Å². The number of carbonyl (C=O) groups excluding carboxylic acids is 2. The number of carbonyl (C=O) groups is 2. The number of aromatic hydroxyl groups is 1. The van der Waals surface area contributed by atoms with Crippen LogP contribution in [0.15, 0.2) is 54.9 Å². The molecule has 1 aliphatic heterocycles. The summed E-state index contributed by atoms with van der Waals surface area (Å²) in [6.07, 6.45) is 2.57. The zero-order valence-electron chi connectivity index (χ0n) is 15.9. The number of pyridine rings is 1. The van der Waals surface area contributed by atoms with Crippen LogP contribution in [0.3, 0.4) is 0 Å². The SMILES string of the molecule is NC(=O)CC1C(=O)N(C(c2ccc(F)cc2)c2c(Cl)cncc2Cl)c2ccc(O)cc21. The van der Waals surface area contributed by atoms with E-state index in [0.29, 0.717) is 22.4 Å². The molecule has 0 fully saturated rings. The molecule has 0 spiro atoms. The van der Waals surface area contributed by atoms with Crippen LogP contribution in [0.2, 0.25) is 10.0 Å². The standard InChI is InChI=1S/C22H16Cl2FN3O3/c23-16-9-27-10-17(24)20(16)21(11-1-3-12(25)4-2-11)28-18-6-5-13(29)7-14(18)15(22(28)31)8-19(26)30/h1-7,9-10,15,21,29H,8H2,(H2,26,30). The number of fused-ring (bicyclic) bond motifs is 1. The highest BCUT2D eigenvalue weighted by molar-refractivity contribution is 6.36. The van der Waals surface area contributed by atoms with E-state index in [0.717, 1.165) is 0 Å². The molecule has 1 aliphatic rings. The number of nitrogens with zero attached hydrogens (tertiary/aromatic N) is 2. The second kappa shape index (κ2) is 8.17. The molecule has 2 amide bonds. The van der Waals surface area contributed by atoms with Crippen LogP contribution in [0, 0.1) is 5.82 Å². The summed E-state index contributed by atoms with van der Waals surface area (Å²) < 4.78 is 13.6. The lowest BCUT2D eigenvalue weighted by molar-refractivity contribution is -0.124. The number of phenolic OH excluding ortho intramolecular Hbond substituents is 1. The fraction of sp³-hybridized carbons (Fsp3) is 0.136. The maximum absolute atomic E-state index is 13.6. The molecule has 0 saturated carbocycles. The Bertz CT molecular complexity index is 1170. The van der Waals surface area contributed by atoms with Crippen molar-refractivity contribution in [2.45, 2.75) is 18.4 Å². The van der Waals surface area contributed by atoms with E-state index in [1.165, 1.54) is 53.7 Å². The summed E-state index contributed by atoms with van der Waals surface area (Å²) in [4.78, 5) is 30.6. The number of aromatic nitrogens is 1. The second-order valence-corrected chi connectivity index (χ2v) is 7.96. The molecular formula is C22H16Cl2FN3O3. The van der Waals surface area contributed by atoms with Gasteiger partial charge in [-0.3, -0.25) is 19.5 Å². The third-order valence-electron chi connectivity index (χ3n) is 5.19. The minimum absolute atomic E-state index is 0.0545. The third-order valence-corrected chi connectivity index (χ3v) is 5.80. The summed E-state index contributed by atoms with van der Waals surface area (Å²) in [6, 6.07) is 9.20. The van der Waals surface area contributed by atoms with Gasteiger partial charge in [-0.15, -0.1) is 0 Å². The fourth-order valence-electron chi connectivity index (χ4n) is 3.90. The number of phenols is 1. The van der Waals surface area contributed by atoms with Gasteiger partial charge >= 0.3 is 0 Å². The van der Waals surface area contributed by atoms with Crippen LogP contribution in [0.25, 0.3) is 0 Å². The second-order valence-electron chi connectivity index (χ2n) is 7.15. The summed E-state index contributed by atoms with van der Waals surface area (Å²) in [7, 11) is 0. The number of nitrogens with two attached hydrogens (primary N) is 1. The predicted molar refractivity (Wildman–Crippen MR) is 115 cm³/mol. The quantitative estimate of drug-likeness (QED) is 0.593. The average molecular weight is 460 g/mol. The Hall–Kier alpha value is -3.16. The minimum Gasteiger partial charge on any atom is -0.508 e. The van der Waals surface area contributed by atoms with E-state index in [-0.39, 0.29) is 22.2 Å². The lowest BCUT2D eigenvalue weighted by atomic mass is 9.96. The number of rotatable bonds is 5. The first kappa shape index (κ1) is 21.1. The first-order valence-electron chi connectivity index (χ1n) is 9.26. The highest BCUT2D eigenvalue weighted by Gasteiger charge is 2.43. The number of anilines is 1. The maximum atomic E-state index is 13.6. The number of hydrogen-bond acceptors (Lipinski definition) is 4. The van der Waals surface area contributed by atoms with Gasteiger partial charge in [0.15, 0.2) is 0 Å². The van der Waals surface area contributed by atoms with Gasteiger partial charge in [0.2, 0.25) is 11.8 Å². The first-order chi connectivity index (χ1) is 14.8. The molecule has 9 heteroatoms. The number of hydrogen-bond donors (Lipinski definition) is 2. The van der Waals surface area contributed by atoms with Gasteiger partial charge in [0, 0.05) is 30.1 Å². The molecule has 31 heavy (non-hydrogen) atoms. The summed E-state index contributed by atoms with van der Waals surface area (Å²) in [5, 5.41) is 10.4. The van der Waals surface area contributed by atoms with Gasteiger partial charge in [0.05, 0.1) is 22.0 Å². The van der Waals surface area contributed by atoms with Gasteiger partial charge in [-0.1, -0.05) is 35.3 Å². The molecule has 2 heterocycles. The molecule has 158 valence electrons. The minimum atomic E-state index is -0.887. The molecule has 0 aliphatic carbocycles. The molecule has 3 N–H and O–H groups in total. The van der Waals surface area contributed by atoms with Crippen LogP contribution < -0.4 is 10.6 Å². The summed E-state index contributed by atoms with van der Waals surface area (Å²) >= 11 is 12.9. The smallest absolute Gasteiger partial charge is 0.235 e. The lowest BCUT2D eigenvalue weighted by Gasteiger charge is -2.31. The Balaban J connectivity index is 1.96. The maximum Gasteiger partial charge on any atom is 0.235 e. The molecule has 0 bridgehead atoms. The summed E-state index contributed by atoms with van der Waals surface area (Å²) in [5.41, 5.74) is 7.24. The molecule has 3 aromatic rings. The van der Waals surface area contributed by atoms with Crippen LogP contribution in [0.4, 0.5) is 10.1 Å². The Kier molecular flexibility index (Phi) is 5.56. The van der Waals surface area contributed by atoms with Gasteiger partial charge < -0.3 is 10.8 Å². The van der Waals surface area contributed by atoms with E-state index >= 15 is 0 Å². The number of amides is 2. The van der Waals surface area contributed by atoms with E-state index in [9.17, 15) is 19.1 Å². The molecule has 4 rings (SSSR count). The number of primary amides is 1. The van der Waals surface area contributed by atoms with Crippen molar-refractivity contribution in [3.63, 3.8) is 0 Å².